The van der Waals surface area contributed by atoms with Crippen LogP contribution in [-0.4, -0.2) is 5.25 Å². The van der Waals surface area contributed by atoms with Crippen LogP contribution in [-0.2, 0) is 5.75 Å². The molecule has 1 heterocycles. The van der Waals surface area contributed by atoms with Crippen LogP contribution in [0.1, 0.15) is 30.5 Å². The Morgan fingerprint density at radius 3 is 3.00 bits per heavy atom. The van der Waals surface area contributed by atoms with Crippen molar-refractivity contribution < 1.29 is 4.39 Å². The molecule has 0 amide bonds. The van der Waals surface area contributed by atoms with Crippen LogP contribution in [0, 0.1) is 5.82 Å². The number of nitrogens with two attached hydrogens (primary N) is 1. The zero-order valence-corrected chi connectivity index (χ0v) is 10.0. The highest BCUT2D eigenvalue weighted by Crippen LogP contribution is 2.37. The van der Waals surface area contributed by atoms with Crippen molar-refractivity contribution in [2.75, 3.05) is 0 Å². The van der Waals surface area contributed by atoms with Crippen molar-refractivity contribution in [2.24, 2.45) is 5.73 Å². The fourth-order valence-corrected chi connectivity index (χ4v) is 3.30. The standard InChI is InChI=1S/C11H13ClFNS/c1-6-4-10(14)7-2-3-9(13)11(12)8(7)5-15-6/h2-3,6,10H,4-5,14H2,1H3/t6?,10-/m1/s1. The van der Waals surface area contributed by atoms with Crippen molar-refractivity contribution in [3.63, 3.8) is 0 Å². The van der Waals surface area contributed by atoms with Gasteiger partial charge < -0.3 is 5.73 Å². The van der Waals surface area contributed by atoms with E-state index in [0.29, 0.717) is 5.25 Å². The Morgan fingerprint density at radius 2 is 2.27 bits per heavy atom. The minimum atomic E-state index is -0.349. The molecule has 2 N–H and O–H groups in total. The molecule has 1 aliphatic rings. The number of hydrogen-bond donors (Lipinski definition) is 1. The van der Waals surface area contributed by atoms with E-state index in [1.54, 1.807) is 17.8 Å². The van der Waals surface area contributed by atoms with Gasteiger partial charge in [-0.05, 0) is 23.6 Å². The van der Waals surface area contributed by atoms with Crippen LogP contribution in [0.15, 0.2) is 12.1 Å². The molecule has 0 aromatic heterocycles. The van der Waals surface area contributed by atoms with Crippen molar-refractivity contribution in [1.82, 2.24) is 0 Å². The SMILES string of the molecule is CC1C[C@@H](N)c2ccc(F)c(Cl)c2CS1. The summed E-state index contributed by atoms with van der Waals surface area (Å²) < 4.78 is 13.3. The molecule has 2 rings (SSSR count). The van der Waals surface area contributed by atoms with Gasteiger partial charge in [0.2, 0.25) is 0 Å². The van der Waals surface area contributed by atoms with Gasteiger partial charge in [0, 0.05) is 17.0 Å². The summed E-state index contributed by atoms with van der Waals surface area (Å²) in [5.74, 6) is 0.401. The third-order valence-corrected chi connectivity index (χ3v) is 4.36. The number of thioether (sulfide) groups is 1. The average Bonchev–Trinajstić information content (AvgIpc) is 2.32. The Hall–Kier alpha value is -0.250. The molecule has 15 heavy (non-hydrogen) atoms. The Morgan fingerprint density at radius 1 is 1.53 bits per heavy atom. The first-order valence-electron chi connectivity index (χ1n) is 4.93. The van der Waals surface area contributed by atoms with Gasteiger partial charge in [-0.3, -0.25) is 0 Å². The minimum absolute atomic E-state index is 0.0249. The van der Waals surface area contributed by atoms with E-state index in [-0.39, 0.29) is 16.9 Å². The maximum Gasteiger partial charge on any atom is 0.142 e. The zero-order valence-electron chi connectivity index (χ0n) is 8.47. The van der Waals surface area contributed by atoms with Crippen LogP contribution in [0.5, 0.6) is 0 Å². The van der Waals surface area contributed by atoms with Gasteiger partial charge in [-0.15, -0.1) is 0 Å². The molecule has 1 nitrogen and oxygen atoms in total. The van der Waals surface area contributed by atoms with Gasteiger partial charge in [0.25, 0.3) is 0 Å². The molecular formula is C11H13ClFNS. The fourth-order valence-electron chi connectivity index (χ4n) is 1.88. The van der Waals surface area contributed by atoms with Crippen molar-refractivity contribution in [3.05, 3.63) is 34.1 Å². The summed E-state index contributed by atoms with van der Waals surface area (Å²) in [7, 11) is 0. The van der Waals surface area contributed by atoms with E-state index in [0.717, 1.165) is 23.3 Å². The van der Waals surface area contributed by atoms with Gasteiger partial charge in [-0.2, -0.15) is 11.8 Å². The highest BCUT2D eigenvalue weighted by Gasteiger charge is 2.22. The Bertz CT molecular complexity index is 383. The molecule has 1 aromatic carbocycles. The quantitative estimate of drug-likeness (QED) is 0.757. The first-order valence-corrected chi connectivity index (χ1v) is 6.36. The molecule has 0 saturated carbocycles. The smallest absolute Gasteiger partial charge is 0.142 e. The summed E-state index contributed by atoms with van der Waals surface area (Å²) in [5.41, 5.74) is 7.93. The van der Waals surface area contributed by atoms with Crippen LogP contribution in [0.2, 0.25) is 5.02 Å². The average molecular weight is 246 g/mol. The molecule has 0 aliphatic carbocycles. The lowest BCUT2D eigenvalue weighted by atomic mass is 9.98. The second kappa shape index (κ2) is 4.32. The lowest BCUT2D eigenvalue weighted by Crippen LogP contribution is -2.14. The van der Waals surface area contributed by atoms with E-state index >= 15 is 0 Å². The number of hydrogen-bond acceptors (Lipinski definition) is 2. The number of halogens is 2. The minimum Gasteiger partial charge on any atom is -0.324 e. The topological polar surface area (TPSA) is 26.0 Å². The summed E-state index contributed by atoms with van der Waals surface area (Å²) >= 11 is 7.73. The lowest BCUT2D eigenvalue weighted by molar-refractivity contribution is 0.618. The highest BCUT2D eigenvalue weighted by atomic mass is 35.5. The van der Waals surface area contributed by atoms with Gasteiger partial charge in [0.15, 0.2) is 0 Å². The Labute approximate surface area is 98.2 Å². The van der Waals surface area contributed by atoms with E-state index in [4.69, 9.17) is 17.3 Å². The molecule has 0 saturated heterocycles. The molecular weight excluding hydrogens is 233 g/mol. The van der Waals surface area contributed by atoms with Crippen molar-refractivity contribution in [1.29, 1.82) is 0 Å². The van der Waals surface area contributed by atoms with E-state index < -0.39 is 0 Å². The number of fused-ring (bicyclic) bond motifs is 1. The number of benzene rings is 1. The van der Waals surface area contributed by atoms with Gasteiger partial charge in [-0.1, -0.05) is 24.6 Å². The van der Waals surface area contributed by atoms with Gasteiger partial charge in [0.1, 0.15) is 5.82 Å². The normalized spacial score (nSPS) is 25.9. The monoisotopic (exact) mass is 245 g/mol. The maximum atomic E-state index is 13.3. The predicted molar refractivity (Wildman–Crippen MR) is 63.7 cm³/mol. The van der Waals surface area contributed by atoms with E-state index in [9.17, 15) is 4.39 Å². The molecule has 1 aromatic rings. The second-order valence-electron chi connectivity index (χ2n) is 3.89. The predicted octanol–water partition coefficient (Wildman–Crippen LogP) is 3.50. The van der Waals surface area contributed by atoms with Crippen LogP contribution in [0.4, 0.5) is 4.39 Å². The summed E-state index contributed by atoms with van der Waals surface area (Å²) in [4.78, 5) is 0. The zero-order chi connectivity index (χ0) is 11.0. The molecule has 82 valence electrons. The third kappa shape index (κ3) is 2.14. The van der Waals surface area contributed by atoms with Gasteiger partial charge in [-0.25, -0.2) is 4.39 Å². The summed E-state index contributed by atoms with van der Waals surface area (Å²) in [6, 6.07) is 3.14. The molecule has 1 unspecified atom stereocenters. The molecule has 0 fully saturated rings. The molecule has 1 aliphatic heterocycles. The van der Waals surface area contributed by atoms with Crippen LogP contribution in [0.25, 0.3) is 0 Å². The summed E-state index contributed by atoms with van der Waals surface area (Å²) in [6.07, 6.45) is 0.916. The molecule has 4 heteroatoms. The second-order valence-corrected chi connectivity index (χ2v) is 5.70. The fraction of sp³-hybridized carbons (Fsp3) is 0.455. The van der Waals surface area contributed by atoms with Crippen LogP contribution in [0.3, 0.4) is 0 Å². The maximum absolute atomic E-state index is 13.3. The Balaban J connectivity index is 2.48. The molecule has 0 bridgehead atoms. The van der Waals surface area contributed by atoms with E-state index in [2.05, 4.69) is 6.92 Å². The van der Waals surface area contributed by atoms with Crippen LogP contribution < -0.4 is 5.73 Å². The number of rotatable bonds is 0. The first-order chi connectivity index (χ1) is 7.09. The van der Waals surface area contributed by atoms with E-state index in [1.807, 2.05) is 0 Å². The van der Waals surface area contributed by atoms with E-state index in [1.165, 1.54) is 6.07 Å². The Kier molecular flexibility index (Phi) is 3.24. The molecule has 2 atom stereocenters. The summed E-state index contributed by atoms with van der Waals surface area (Å²) in [5, 5.41) is 0.732. The molecule has 0 radical (unpaired) electrons. The van der Waals surface area contributed by atoms with Crippen molar-refractivity contribution in [2.45, 2.75) is 30.4 Å². The van der Waals surface area contributed by atoms with Gasteiger partial charge in [0.05, 0.1) is 5.02 Å². The third-order valence-electron chi connectivity index (χ3n) is 2.73. The first kappa shape index (κ1) is 11.2. The summed E-state index contributed by atoms with van der Waals surface area (Å²) in [6.45, 7) is 2.14. The van der Waals surface area contributed by atoms with Gasteiger partial charge >= 0.3 is 0 Å². The van der Waals surface area contributed by atoms with Crippen molar-refractivity contribution in [3.8, 4) is 0 Å². The lowest BCUT2D eigenvalue weighted by Gasteiger charge is -2.14. The molecule has 0 spiro atoms. The largest absolute Gasteiger partial charge is 0.324 e. The highest BCUT2D eigenvalue weighted by molar-refractivity contribution is 7.99. The van der Waals surface area contributed by atoms with Crippen molar-refractivity contribution >= 4 is 23.4 Å². The van der Waals surface area contributed by atoms with Crippen LogP contribution >= 0.6 is 23.4 Å².